The number of nitrogens with zero attached hydrogens (tertiary/aromatic N) is 1. The lowest BCUT2D eigenvalue weighted by molar-refractivity contribution is 0.654. The standard InChI is InChI=1S/C52H39NO/c1-51(2)44-29-35(26-28-38(44)42-30-46-43(31-45(42)51)39-27-25-33-17-11-12-20-36(33)48(39)52(46,3)4)53(34-18-9-6-10-19-34)47-24-14-23-41-40-22-13-21-37(49(40)54-50(41)47)32-15-7-5-8-16-32/h5-31H,1-4H3. The number of benzene rings is 8. The van der Waals surface area contributed by atoms with Gasteiger partial charge in [0.25, 0.3) is 0 Å². The van der Waals surface area contributed by atoms with Crippen molar-refractivity contribution in [1.29, 1.82) is 0 Å². The number of fused-ring (bicyclic) bond motifs is 11. The fourth-order valence-corrected chi connectivity index (χ4v) is 9.78. The smallest absolute Gasteiger partial charge is 0.159 e. The SMILES string of the molecule is CC1(C)c2cc(N(c3ccccc3)c3cccc4c3oc3c(-c5ccccc5)cccc34)ccc2-c2cc3c(cc21)-c1ccc2ccccc2c1C3(C)C. The molecule has 11 rings (SSSR count). The molecular formula is C52H39NO. The molecule has 0 bridgehead atoms. The van der Waals surface area contributed by atoms with Gasteiger partial charge in [-0.1, -0.05) is 149 Å². The van der Waals surface area contributed by atoms with E-state index < -0.39 is 0 Å². The summed E-state index contributed by atoms with van der Waals surface area (Å²) in [6, 6.07) is 59.9. The van der Waals surface area contributed by atoms with Gasteiger partial charge in [0.2, 0.25) is 0 Å². The predicted octanol–water partition coefficient (Wildman–Crippen LogP) is 14.5. The Morgan fingerprint density at radius 3 is 1.81 bits per heavy atom. The predicted molar refractivity (Wildman–Crippen MR) is 226 cm³/mol. The lowest BCUT2D eigenvalue weighted by Crippen LogP contribution is -2.17. The van der Waals surface area contributed by atoms with Crippen LogP contribution >= 0.6 is 0 Å². The molecular weight excluding hydrogens is 655 g/mol. The van der Waals surface area contributed by atoms with E-state index in [-0.39, 0.29) is 10.8 Å². The first-order chi connectivity index (χ1) is 26.3. The minimum atomic E-state index is -0.197. The molecule has 0 fully saturated rings. The van der Waals surface area contributed by atoms with Crippen LogP contribution in [-0.4, -0.2) is 0 Å². The van der Waals surface area contributed by atoms with Gasteiger partial charge in [-0.25, -0.2) is 0 Å². The van der Waals surface area contributed by atoms with Crippen molar-refractivity contribution in [2.75, 3.05) is 4.90 Å². The maximum absolute atomic E-state index is 6.96. The summed E-state index contributed by atoms with van der Waals surface area (Å²) in [4.78, 5) is 2.37. The highest BCUT2D eigenvalue weighted by molar-refractivity contribution is 6.13. The Balaban J connectivity index is 1.09. The Bertz CT molecular complexity index is 2980. The molecule has 0 radical (unpaired) electrons. The van der Waals surface area contributed by atoms with Crippen molar-refractivity contribution >= 4 is 49.8 Å². The van der Waals surface area contributed by atoms with Crippen molar-refractivity contribution in [3.8, 4) is 33.4 Å². The fourth-order valence-electron chi connectivity index (χ4n) is 9.78. The van der Waals surface area contributed by atoms with Gasteiger partial charge in [0.05, 0.1) is 5.69 Å². The van der Waals surface area contributed by atoms with Crippen LogP contribution < -0.4 is 4.90 Å². The Hall–Kier alpha value is -6.38. The Morgan fingerprint density at radius 2 is 1.02 bits per heavy atom. The number of para-hydroxylation sites is 3. The first-order valence-corrected chi connectivity index (χ1v) is 19.0. The minimum Gasteiger partial charge on any atom is -0.453 e. The van der Waals surface area contributed by atoms with Crippen LogP contribution in [0.1, 0.15) is 49.9 Å². The van der Waals surface area contributed by atoms with Crippen LogP contribution in [0, 0.1) is 0 Å². The van der Waals surface area contributed by atoms with Crippen molar-refractivity contribution in [3.63, 3.8) is 0 Å². The summed E-state index contributed by atoms with van der Waals surface area (Å²) in [6.07, 6.45) is 0. The molecule has 2 aliphatic carbocycles. The molecule has 2 heteroatoms. The van der Waals surface area contributed by atoms with Gasteiger partial charge in [-0.3, -0.25) is 0 Å². The average molecular weight is 694 g/mol. The molecule has 2 nitrogen and oxygen atoms in total. The highest BCUT2D eigenvalue weighted by atomic mass is 16.3. The summed E-state index contributed by atoms with van der Waals surface area (Å²) < 4.78 is 6.96. The number of anilines is 3. The van der Waals surface area contributed by atoms with Crippen LogP contribution in [-0.2, 0) is 10.8 Å². The van der Waals surface area contributed by atoms with E-state index in [1.807, 2.05) is 0 Å². The van der Waals surface area contributed by atoms with Crippen molar-refractivity contribution in [1.82, 2.24) is 0 Å². The van der Waals surface area contributed by atoms with Crippen LogP contribution in [0.4, 0.5) is 17.1 Å². The van der Waals surface area contributed by atoms with Gasteiger partial charge < -0.3 is 9.32 Å². The zero-order chi connectivity index (χ0) is 36.3. The number of furan rings is 1. The second kappa shape index (κ2) is 11.1. The quantitative estimate of drug-likeness (QED) is 0.182. The molecule has 54 heavy (non-hydrogen) atoms. The van der Waals surface area contributed by atoms with E-state index in [1.54, 1.807) is 0 Å². The number of hydrogen-bond acceptors (Lipinski definition) is 2. The van der Waals surface area contributed by atoms with Gasteiger partial charge >= 0.3 is 0 Å². The summed E-state index contributed by atoms with van der Waals surface area (Å²) in [7, 11) is 0. The normalized spacial score (nSPS) is 14.6. The Labute approximate surface area is 315 Å². The van der Waals surface area contributed by atoms with Gasteiger partial charge in [-0.2, -0.15) is 0 Å². The lowest BCUT2D eigenvalue weighted by Gasteiger charge is -2.28. The van der Waals surface area contributed by atoms with Crippen molar-refractivity contribution < 1.29 is 4.42 Å². The van der Waals surface area contributed by atoms with Gasteiger partial charge in [0.15, 0.2) is 5.58 Å². The van der Waals surface area contributed by atoms with Crippen LogP contribution in [0.15, 0.2) is 168 Å². The zero-order valence-corrected chi connectivity index (χ0v) is 30.9. The van der Waals surface area contributed by atoms with Crippen LogP contribution in [0.5, 0.6) is 0 Å². The van der Waals surface area contributed by atoms with Gasteiger partial charge in [-0.05, 0) is 103 Å². The summed E-state index contributed by atoms with van der Waals surface area (Å²) in [5, 5.41) is 4.90. The summed E-state index contributed by atoms with van der Waals surface area (Å²) in [5.41, 5.74) is 18.0. The molecule has 0 spiro atoms. The first-order valence-electron chi connectivity index (χ1n) is 19.0. The van der Waals surface area contributed by atoms with Gasteiger partial charge in [0.1, 0.15) is 5.58 Å². The molecule has 2 aliphatic rings. The molecule has 0 N–H and O–H groups in total. The molecule has 0 saturated heterocycles. The maximum Gasteiger partial charge on any atom is 0.159 e. The number of rotatable bonds is 4. The van der Waals surface area contributed by atoms with E-state index in [0.29, 0.717) is 0 Å². The van der Waals surface area contributed by atoms with Crippen LogP contribution in [0.25, 0.3) is 66.1 Å². The molecule has 258 valence electrons. The largest absolute Gasteiger partial charge is 0.453 e. The summed E-state index contributed by atoms with van der Waals surface area (Å²) in [5.74, 6) is 0. The molecule has 8 aromatic carbocycles. The monoisotopic (exact) mass is 693 g/mol. The van der Waals surface area contributed by atoms with Crippen molar-refractivity contribution in [2.45, 2.75) is 38.5 Å². The number of hydrogen-bond donors (Lipinski definition) is 0. The van der Waals surface area contributed by atoms with Crippen molar-refractivity contribution in [3.05, 3.63) is 186 Å². The third-order valence-electron chi connectivity index (χ3n) is 12.4. The molecule has 0 amide bonds. The fraction of sp³-hybridized carbons (Fsp3) is 0.115. The van der Waals surface area contributed by atoms with E-state index in [0.717, 1.165) is 50.1 Å². The van der Waals surface area contributed by atoms with E-state index in [9.17, 15) is 0 Å². The minimum absolute atomic E-state index is 0.108. The molecule has 0 aliphatic heterocycles. The van der Waals surface area contributed by atoms with E-state index in [2.05, 4.69) is 196 Å². The Morgan fingerprint density at radius 1 is 0.407 bits per heavy atom. The van der Waals surface area contributed by atoms with Crippen molar-refractivity contribution in [2.24, 2.45) is 0 Å². The lowest BCUT2D eigenvalue weighted by atomic mass is 9.78. The molecule has 1 heterocycles. The molecule has 0 saturated carbocycles. The highest BCUT2D eigenvalue weighted by Crippen LogP contribution is 2.58. The third-order valence-corrected chi connectivity index (χ3v) is 12.4. The molecule has 1 aromatic heterocycles. The first kappa shape index (κ1) is 31.2. The average Bonchev–Trinajstić information content (AvgIpc) is 3.78. The summed E-state index contributed by atoms with van der Waals surface area (Å²) in [6.45, 7) is 9.60. The van der Waals surface area contributed by atoms with Crippen LogP contribution in [0.3, 0.4) is 0 Å². The summed E-state index contributed by atoms with van der Waals surface area (Å²) >= 11 is 0. The zero-order valence-electron chi connectivity index (χ0n) is 30.9. The molecule has 0 atom stereocenters. The van der Waals surface area contributed by atoms with E-state index in [4.69, 9.17) is 4.42 Å². The van der Waals surface area contributed by atoms with Gasteiger partial charge in [-0.15, -0.1) is 0 Å². The topological polar surface area (TPSA) is 16.4 Å². The van der Waals surface area contributed by atoms with Crippen LogP contribution in [0.2, 0.25) is 0 Å². The maximum atomic E-state index is 6.96. The Kier molecular flexibility index (Phi) is 6.39. The van der Waals surface area contributed by atoms with E-state index in [1.165, 1.54) is 55.3 Å². The molecule has 0 unspecified atom stereocenters. The second-order valence-electron chi connectivity index (χ2n) is 16.1. The highest BCUT2D eigenvalue weighted by Gasteiger charge is 2.42. The molecule has 9 aromatic rings. The third kappa shape index (κ3) is 4.23. The second-order valence-corrected chi connectivity index (χ2v) is 16.1. The van der Waals surface area contributed by atoms with E-state index >= 15 is 0 Å². The van der Waals surface area contributed by atoms with Gasteiger partial charge in [0, 0.05) is 38.5 Å².